The molecule has 0 saturated carbocycles. The van der Waals surface area contributed by atoms with E-state index < -0.39 is 5.97 Å². The van der Waals surface area contributed by atoms with E-state index in [1.54, 1.807) is 0 Å². The van der Waals surface area contributed by atoms with Crippen molar-refractivity contribution in [2.24, 2.45) is 5.84 Å². The minimum Gasteiger partial charge on any atom is -0.374 e. The quantitative estimate of drug-likeness (QED) is 0.356. The summed E-state index contributed by atoms with van der Waals surface area (Å²) in [5.41, 5.74) is 7.19. The summed E-state index contributed by atoms with van der Waals surface area (Å²) in [6.07, 6.45) is 0.244. The van der Waals surface area contributed by atoms with Crippen LogP contribution < -0.4 is 17.2 Å². The fourth-order valence-electron chi connectivity index (χ4n) is 0.617. The second kappa shape index (κ2) is 5.75. The van der Waals surface area contributed by atoms with Crippen LogP contribution in [-0.2, 0) is 9.63 Å². The average molecular weight is 235 g/mol. The van der Waals surface area contributed by atoms with Crippen LogP contribution in [0.2, 0.25) is 0 Å². The predicted molar refractivity (Wildman–Crippen MR) is 53.1 cm³/mol. The summed E-state index contributed by atoms with van der Waals surface area (Å²) in [5.74, 6) is 4.91. The Labute approximate surface area is 88.1 Å². The Morgan fingerprint density at radius 3 is 3.00 bits per heavy atom. The first-order chi connectivity index (χ1) is 6.72. The zero-order chi connectivity index (χ0) is 10.4. The lowest BCUT2D eigenvalue weighted by Crippen LogP contribution is -2.26. The number of anilines is 1. The molecule has 0 radical (unpaired) electrons. The summed E-state index contributed by atoms with van der Waals surface area (Å²) in [6, 6.07) is 0. The molecule has 0 aliphatic carbocycles. The monoisotopic (exact) mass is 235 g/mol. The molecule has 0 fully saturated rings. The third-order valence-corrected chi connectivity index (χ3v) is 3.01. The highest BCUT2D eigenvalue weighted by molar-refractivity contribution is 8.01. The average Bonchev–Trinajstić information content (AvgIpc) is 2.52. The van der Waals surface area contributed by atoms with Crippen LogP contribution in [0.4, 0.5) is 5.13 Å². The molecular formula is C5H9N5O2S2. The van der Waals surface area contributed by atoms with E-state index in [9.17, 15) is 4.79 Å². The highest BCUT2D eigenvalue weighted by Crippen LogP contribution is 2.23. The standard InChI is InChI=1S/C5H9N5O2S2/c6-4-8-9-5(14-4)13-2-1-3(11)12-10-7/h10H,1-2,7H2,(H2,6,8). The zero-order valence-corrected chi connectivity index (χ0v) is 8.73. The van der Waals surface area contributed by atoms with Gasteiger partial charge in [-0.2, -0.15) is 0 Å². The van der Waals surface area contributed by atoms with Gasteiger partial charge >= 0.3 is 5.97 Å². The van der Waals surface area contributed by atoms with Crippen molar-refractivity contribution < 1.29 is 9.63 Å². The number of carbonyl (C=O) groups excluding carboxylic acids is 1. The summed E-state index contributed by atoms with van der Waals surface area (Å²) >= 11 is 2.67. The Hall–Kier alpha value is -0.900. The van der Waals surface area contributed by atoms with Gasteiger partial charge in [-0.1, -0.05) is 28.7 Å². The Kier molecular flexibility index (Phi) is 4.59. The number of nitrogens with one attached hydrogen (secondary N) is 1. The van der Waals surface area contributed by atoms with Crippen molar-refractivity contribution in [2.45, 2.75) is 10.8 Å². The summed E-state index contributed by atoms with van der Waals surface area (Å²) in [4.78, 5) is 15.1. The van der Waals surface area contributed by atoms with Crippen LogP contribution >= 0.6 is 23.1 Å². The van der Waals surface area contributed by atoms with E-state index in [4.69, 9.17) is 11.6 Å². The van der Waals surface area contributed by atoms with Crippen LogP contribution in [-0.4, -0.2) is 21.9 Å². The lowest BCUT2D eigenvalue weighted by molar-refractivity contribution is -0.150. The van der Waals surface area contributed by atoms with Gasteiger partial charge in [0.25, 0.3) is 0 Å². The van der Waals surface area contributed by atoms with E-state index in [0.29, 0.717) is 10.9 Å². The molecule has 9 heteroatoms. The van der Waals surface area contributed by atoms with Gasteiger partial charge in [0, 0.05) is 5.75 Å². The number of rotatable bonds is 5. The number of nitrogens with two attached hydrogens (primary N) is 2. The first-order valence-corrected chi connectivity index (χ1v) is 5.39. The minimum absolute atomic E-state index is 0.244. The van der Waals surface area contributed by atoms with Gasteiger partial charge in [0.2, 0.25) is 5.13 Å². The van der Waals surface area contributed by atoms with Crippen molar-refractivity contribution in [1.29, 1.82) is 0 Å². The third-order valence-electron chi connectivity index (χ3n) is 1.13. The number of hydrogen-bond donors (Lipinski definition) is 3. The number of carbonyl (C=O) groups is 1. The summed E-state index contributed by atoms with van der Waals surface area (Å²) in [5, 5.41) is 7.82. The molecule has 0 unspecified atom stereocenters. The lowest BCUT2D eigenvalue weighted by atomic mass is 10.5. The molecule has 0 spiro atoms. The highest BCUT2D eigenvalue weighted by atomic mass is 32.2. The molecule has 0 aromatic carbocycles. The van der Waals surface area contributed by atoms with Crippen LogP contribution in [0.15, 0.2) is 4.34 Å². The largest absolute Gasteiger partial charge is 0.374 e. The molecule has 0 atom stereocenters. The second-order valence-electron chi connectivity index (χ2n) is 2.10. The van der Waals surface area contributed by atoms with Crippen LogP contribution in [0.3, 0.4) is 0 Å². The number of thioether (sulfide) groups is 1. The molecule has 7 nitrogen and oxygen atoms in total. The maximum Gasteiger partial charge on any atom is 0.327 e. The predicted octanol–water partition coefficient (Wildman–Crippen LogP) is -0.476. The van der Waals surface area contributed by atoms with Gasteiger partial charge in [-0.25, -0.2) is 5.84 Å². The van der Waals surface area contributed by atoms with Crippen molar-refractivity contribution in [2.75, 3.05) is 11.5 Å². The van der Waals surface area contributed by atoms with Crippen molar-refractivity contribution in [3.8, 4) is 0 Å². The highest BCUT2D eigenvalue weighted by Gasteiger charge is 2.05. The molecule has 1 aromatic rings. The molecule has 0 aliphatic heterocycles. The van der Waals surface area contributed by atoms with Gasteiger partial charge in [0.15, 0.2) is 4.34 Å². The molecule has 78 valence electrons. The molecule has 5 N–H and O–H groups in total. The summed E-state index contributed by atoms with van der Waals surface area (Å²) in [7, 11) is 0. The smallest absolute Gasteiger partial charge is 0.327 e. The van der Waals surface area contributed by atoms with Gasteiger partial charge in [-0.05, 0) is 0 Å². The molecule has 1 aromatic heterocycles. The van der Waals surface area contributed by atoms with Gasteiger partial charge in [-0.15, -0.1) is 10.2 Å². The van der Waals surface area contributed by atoms with Crippen LogP contribution in [0.1, 0.15) is 6.42 Å². The van der Waals surface area contributed by atoms with E-state index in [2.05, 4.69) is 15.0 Å². The fraction of sp³-hybridized carbons (Fsp3) is 0.400. The molecular weight excluding hydrogens is 226 g/mol. The van der Waals surface area contributed by atoms with Crippen molar-refractivity contribution in [1.82, 2.24) is 15.8 Å². The van der Waals surface area contributed by atoms with Crippen LogP contribution in [0.5, 0.6) is 0 Å². The number of hydrazine groups is 1. The Morgan fingerprint density at radius 2 is 2.43 bits per heavy atom. The SMILES string of the molecule is NNOC(=O)CCSc1nnc(N)s1. The van der Waals surface area contributed by atoms with Crippen LogP contribution in [0.25, 0.3) is 0 Å². The Balaban J connectivity index is 2.18. The summed E-state index contributed by atoms with van der Waals surface area (Å²) < 4.78 is 0.732. The minimum atomic E-state index is -0.419. The molecule has 0 amide bonds. The van der Waals surface area contributed by atoms with Crippen molar-refractivity contribution in [3.63, 3.8) is 0 Å². The van der Waals surface area contributed by atoms with Gasteiger partial charge < -0.3 is 10.6 Å². The second-order valence-corrected chi connectivity index (χ2v) is 4.45. The number of nitrogens with zero attached hydrogens (tertiary/aromatic N) is 2. The van der Waals surface area contributed by atoms with E-state index in [1.165, 1.54) is 23.1 Å². The van der Waals surface area contributed by atoms with Crippen LogP contribution in [0, 0.1) is 0 Å². The normalized spacial score (nSPS) is 10.1. The topological polar surface area (TPSA) is 116 Å². The number of nitrogen functional groups attached to an aromatic ring is 1. The van der Waals surface area contributed by atoms with E-state index in [-0.39, 0.29) is 6.42 Å². The molecule has 1 heterocycles. The first-order valence-electron chi connectivity index (χ1n) is 3.59. The maximum absolute atomic E-state index is 10.8. The first kappa shape index (κ1) is 11.2. The van der Waals surface area contributed by atoms with E-state index in [1.807, 2.05) is 5.59 Å². The molecule has 14 heavy (non-hydrogen) atoms. The zero-order valence-electron chi connectivity index (χ0n) is 7.10. The Bertz CT molecular complexity index is 304. The summed E-state index contributed by atoms with van der Waals surface area (Å²) in [6.45, 7) is 0. The Morgan fingerprint density at radius 1 is 1.64 bits per heavy atom. The van der Waals surface area contributed by atoms with Gasteiger partial charge in [0.1, 0.15) is 0 Å². The number of hydrogen-bond acceptors (Lipinski definition) is 9. The van der Waals surface area contributed by atoms with Gasteiger partial charge in [0.05, 0.1) is 6.42 Å². The molecule has 0 aliphatic rings. The third kappa shape index (κ3) is 3.87. The molecule has 0 bridgehead atoms. The van der Waals surface area contributed by atoms with Crippen molar-refractivity contribution >= 4 is 34.2 Å². The molecule has 0 saturated heterocycles. The van der Waals surface area contributed by atoms with Gasteiger partial charge in [-0.3, -0.25) is 4.79 Å². The lowest BCUT2D eigenvalue weighted by Gasteiger charge is -1.98. The maximum atomic E-state index is 10.8. The molecule has 1 rings (SSSR count). The van der Waals surface area contributed by atoms with E-state index >= 15 is 0 Å². The number of aromatic nitrogens is 2. The van der Waals surface area contributed by atoms with E-state index in [0.717, 1.165) is 4.34 Å². The van der Waals surface area contributed by atoms with Crippen molar-refractivity contribution in [3.05, 3.63) is 0 Å². The fourth-order valence-corrected chi connectivity index (χ4v) is 2.24.